The molecule has 0 bridgehead atoms. The number of ether oxygens (including phenoxy) is 2. The quantitative estimate of drug-likeness (QED) is 0.0534. The molecule has 75 heavy (non-hydrogen) atoms. The van der Waals surface area contributed by atoms with Gasteiger partial charge < -0.3 is 29.1 Å². The molecule has 4 amide bonds. The van der Waals surface area contributed by atoms with E-state index < -0.39 is 59.6 Å². The van der Waals surface area contributed by atoms with E-state index in [1.54, 1.807) is 38.1 Å². The predicted octanol–water partition coefficient (Wildman–Crippen LogP) is 11.4. The molecule has 0 fully saturated rings. The van der Waals surface area contributed by atoms with E-state index in [9.17, 15) is 56.0 Å². The molecule has 22 heteroatoms. The van der Waals surface area contributed by atoms with Gasteiger partial charge in [-0.15, -0.1) is 0 Å². The van der Waals surface area contributed by atoms with Crippen molar-refractivity contribution in [3.63, 3.8) is 0 Å². The molecule has 0 aromatic heterocycles. The van der Waals surface area contributed by atoms with E-state index in [0.29, 0.717) is 54.9 Å². The fourth-order valence-electron chi connectivity index (χ4n) is 9.21. The van der Waals surface area contributed by atoms with Crippen LogP contribution in [0, 0.1) is 22.7 Å². The van der Waals surface area contributed by atoms with Crippen LogP contribution in [0.15, 0.2) is 132 Å². The highest BCUT2D eigenvalue weighted by atomic mass is 79.9. The zero-order valence-corrected chi connectivity index (χ0v) is 43.5. The van der Waals surface area contributed by atoms with Gasteiger partial charge >= 0.3 is 36.4 Å². The van der Waals surface area contributed by atoms with Crippen LogP contribution in [0.4, 0.5) is 47.3 Å². The number of hydrogen-bond acceptors (Lipinski definition) is 10. The number of nitriles is 2. The summed E-state index contributed by atoms with van der Waals surface area (Å²) in [4.78, 5) is 66.5. The van der Waals surface area contributed by atoms with E-state index in [1.165, 1.54) is 58.3 Å². The molecule has 4 aromatic carbocycles. The standard InChI is InChI=1S/C53H48Br2F6N8O6/c1-3-74-48(70)44-42(29-54)68(40-11-5-9-38(27-40)52(56,57)58)50(72)66(46(44)36-17-13-34(31-62)14-18-36)23-7-21-64-25-26-65(33-64)22-8-24-67-47(37-19-15-35(32-63)16-20-37)45(49(71)75-4-2)43(30-55)69(51(67)73)41-12-6-10-39(28-41)53(59,60)61/h5-6,9-20,25-28,46-47H,3-4,7-8,21-24,29-30,33H2,1-2H3/t46-,47-/m1/s1. The molecule has 0 N–H and O–H groups in total. The number of esters is 2. The predicted molar refractivity (Wildman–Crippen MR) is 271 cm³/mol. The SMILES string of the molecule is CCOC(=O)C1=C(CBr)N(c2cccc(C(F)(F)F)c2)C(=O)N(CCCN2C=CN(CCCN3C(=O)N(c4cccc(C(F)(F)F)c4)C(CBr)=C(C(=O)OCC)[C@H]3c3ccc(C#N)cc3)C2)[C@@H]1c1ccc(C#N)cc1. The molecule has 3 aliphatic rings. The minimum Gasteiger partial charge on any atom is -0.463 e. The van der Waals surface area contributed by atoms with Gasteiger partial charge in [-0.3, -0.25) is 9.80 Å². The molecule has 392 valence electrons. The van der Waals surface area contributed by atoms with Gasteiger partial charge in [-0.1, -0.05) is 68.3 Å². The van der Waals surface area contributed by atoms with E-state index in [0.717, 1.165) is 34.1 Å². The van der Waals surface area contributed by atoms with Crippen molar-refractivity contribution in [1.29, 1.82) is 10.5 Å². The minimum absolute atomic E-state index is 0.00463. The molecule has 4 aromatic rings. The first kappa shape index (κ1) is 55.5. The van der Waals surface area contributed by atoms with Gasteiger partial charge in [0, 0.05) is 49.2 Å². The first-order chi connectivity index (χ1) is 35.9. The fourth-order valence-corrected chi connectivity index (χ4v) is 10.3. The Labute approximate surface area is 445 Å². The van der Waals surface area contributed by atoms with Crippen LogP contribution in [-0.2, 0) is 31.4 Å². The molecule has 3 heterocycles. The highest BCUT2D eigenvalue weighted by molar-refractivity contribution is 9.09. The van der Waals surface area contributed by atoms with Crippen LogP contribution in [0.3, 0.4) is 0 Å². The molecule has 0 radical (unpaired) electrons. The number of carbonyl (C=O) groups excluding carboxylic acids is 4. The number of anilines is 2. The largest absolute Gasteiger partial charge is 0.463 e. The Morgan fingerprint density at radius 2 is 0.973 bits per heavy atom. The highest BCUT2D eigenvalue weighted by Gasteiger charge is 2.46. The van der Waals surface area contributed by atoms with Gasteiger partial charge in [-0.05, 0) is 98.5 Å². The Hall–Kier alpha value is -7.30. The number of urea groups is 2. The lowest BCUT2D eigenvalue weighted by molar-refractivity contribution is -0.140. The van der Waals surface area contributed by atoms with Crippen molar-refractivity contribution in [2.75, 3.05) is 66.5 Å². The lowest BCUT2D eigenvalue weighted by Gasteiger charge is -2.43. The number of rotatable bonds is 18. The summed E-state index contributed by atoms with van der Waals surface area (Å²) < 4.78 is 95.2. The van der Waals surface area contributed by atoms with Crippen molar-refractivity contribution in [1.82, 2.24) is 19.6 Å². The van der Waals surface area contributed by atoms with Crippen molar-refractivity contribution < 1.29 is 55.0 Å². The molecule has 14 nitrogen and oxygen atoms in total. The Morgan fingerprint density at radius 1 is 0.600 bits per heavy atom. The lowest BCUT2D eigenvalue weighted by Crippen LogP contribution is -2.52. The number of nitrogens with zero attached hydrogens (tertiary/aromatic N) is 8. The van der Waals surface area contributed by atoms with Gasteiger partial charge in [0.1, 0.15) is 0 Å². The lowest BCUT2D eigenvalue weighted by atomic mass is 9.92. The van der Waals surface area contributed by atoms with Crippen molar-refractivity contribution in [3.8, 4) is 12.1 Å². The molecule has 0 unspecified atom stereocenters. The van der Waals surface area contributed by atoms with E-state index >= 15 is 0 Å². The maximum Gasteiger partial charge on any atom is 0.416 e. The van der Waals surface area contributed by atoms with Crippen molar-refractivity contribution in [2.24, 2.45) is 0 Å². The van der Waals surface area contributed by atoms with Crippen molar-refractivity contribution >= 4 is 67.2 Å². The van der Waals surface area contributed by atoms with Crippen LogP contribution in [-0.4, -0.2) is 100 Å². The summed E-state index contributed by atoms with van der Waals surface area (Å²) >= 11 is 6.78. The number of hydrogen-bond donors (Lipinski definition) is 0. The van der Waals surface area contributed by atoms with Gasteiger partial charge in [0.2, 0.25) is 0 Å². The molecule has 0 aliphatic carbocycles. The number of carbonyl (C=O) groups is 4. The Morgan fingerprint density at radius 3 is 1.29 bits per heavy atom. The van der Waals surface area contributed by atoms with Gasteiger partial charge in [0.15, 0.2) is 0 Å². The zero-order chi connectivity index (χ0) is 54.2. The number of benzene rings is 4. The molecule has 7 rings (SSSR count). The van der Waals surface area contributed by atoms with Crippen LogP contribution in [0.2, 0.25) is 0 Å². The molecule has 0 spiro atoms. The maximum absolute atomic E-state index is 14.8. The molecular weight excluding hydrogens is 1120 g/mol. The van der Waals surface area contributed by atoms with E-state index in [4.69, 9.17) is 9.47 Å². The van der Waals surface area contributed by atoms with Crippen LogP contribution >= 0.6 is 31.9 Å². The van der Waals surface area contributed by atoms with Crippen LogP contribution in [0.25, 0.3) is 0 Å². The third kappa shape index (κ3) is 12.1. The Bertz CT molecular complexity index is 2780. The van der Waals surface area contributed by atoms with E-state index in [1.807, 2.05) is 34.3 Å². The average molecular weight is 1170 g/mol. The number of allylic oxidation sites excluding steroid dienone is 2. The zero-order valence-electron chi connectivity index (χ0n) is 40.4. The second-order valence-electron chi connectivity index (χ2n) is 17.2. The highest BCUT2D eigenvalue weighted by Crippen LogP contribution is 2.44. The number of amides is 4. The fraction of sp³-hybridized carbons (Fsp3) is 0.321. The third-order valence-electron chi connectivity index (χ3n) is 12.6. The molecule has 3 aliphatic heterocycles. The summed E-state index contributed by atoms with van der Waals surface area (Å²) in [6.45, 7) is 4.18. The van der Waals surface area contributed by atoms with Crippen LogP contribution in [0.5, 0.6) is 0 Å². The van der Waals surface area contributed by atoms with Gasteiger partial charge in [-0.25, -0.2) is 19.2 Å². The summed E-state index contributed by atoms with van der Waals surface area (Å²) in [7, 11) is 0. The number of halogens is 8. The summed E-state index contributed by atoms with van der Waals surface area (Å²) in [5, 5.41) is 18.9. The smallest absolute Gasteiger partial charge is 0.416 e. The molecule has 0 saturated heterocycles. The second kappa shape index (κ2) is 23.9. The maximum atomic E-state index is 14.8. The minimum atomic E-state index is -4.74. The van der Waals surface area contributed by atoms with Gasteiger partial charge in [-0.2, -0.15) is 36.9 Å². The third-order valence-corrected chi connectivity index (χ3v) is 13.6. The van der Waals surface area contributed by atoms with E-state index in [2.05, 4.69) is 31.9 Å². The first-order valence-corrected chi connectivity index (χ1v) is 25.8. The second-order valence-corrected chi connectivity index (χ2v) is 18.3. The van der Waals surface area contributed by atoms with Crippen molar-refractivity contribution in [2.45, 2.75) is 51.1 Å². The average Bonchev–Trinajstić information content (AvgIpc) is 3.85. The summed E-state index contributed by atoms with van der Waals surface area (Å²) in [6.07, 6.45) is -5.24. The first-order valence-electron chi connectivity index (χ1n) is 23.5. The number of alkyl halides is 8. The summed E-state index contributed by atoms with van der Waals surface area (Å²) in [5.74, 6) is -1.58. The Kier molecular flexibility index (Phi) is 17.7. The Balaban J connectivity index is 1.13. The van der Waals surface area contributed by atoms with Crippen molar-refractivity contribution in [3.05, 3.63) is 165 Å². The molecule has 0 saturated carbocycles. The monoisotopic (exact) mass is 1160 g/mol. The van der Waals surface area contributed by atoms with Crippen LogP contribution < -0.4 is 9.80 Å². The van der Waals surface area contributed by atoms with Gasteiger partial charge in [0.25, 0.3) is 0 Å². The topological polar surface area (TPSA) is 154 Å². The summed E-state index contributed by atoms with van der Waals surface area (Å²) in [5.41, 5.74) is -0.505. The molecule has 2 atom stereocenters. The van der Waals surface area contributed by atoms with Gasteiger partial charge in [0.05, 0.1) is 100 Å². The normalized spacial score (nSPS) is 17.2. The summed E-state index contributed by atoms with van der Waals surface area (Å²) in [6, 6.07) is 21.6. The molecular formula is C53H48Br2F6N8O6. The van der Waals surface area contributed by atoms with E-state index in [-0.39, 0.29) is 70.9 Å². The van der Waals surface area contributed by atoms with Crippen LogP contribution in [0.1, 0.15) is 72.2 Å².